The van der Waals surface area contributed by atoms with Gasteiger partial charge in [-0.05, 0) is 0 Å². The van der Waals surface area contributed by atoms with Crippen LogP contribution in [0.3, 0.4) is 0 Å². The van der Waals surface area contributed by atoms with Gasteiger partial charge in [0.2, 0.25) is 0 Å². The fourth-order valence-corrected chi connectivity index (χ4v) is 9.32. The van der Waals surface area contributed by atoms with Crippen LogP contribution in [-0.2, 0) is 18.6 Å². The molecule has 5 rings (SSSR count). The molecule has 0 N–H and O–H groups in total. The molecule has 0 fully saturated rings. The number of benzene rings is 3. The summed E-state index contributed by atoms with van der Waals surface area (Å²) in [6.45, 7) is 0. The molecule has 0 saturated heterocycles. The predicted octanol–water partition coefficient (Wildman–Crippen LogP) is 8.15. The molecule has 0 heterocycles. The van der Waals surface area contributed by atoms with E-state index in [1.807, 2.05) is 66.7 Å². The summed E-state index contributed by atoms with van der Waals surface area (Å²) < 4.78 is 1.16. The molecule has 5 aromatic rings. The van der Waals surface area contributed by atoms with Crippen LogP contribution in [-0.4, -0.2) is 3.26 Å². The van der Waals surface area contributed by atoms with Crippen molar-refractivity contribution in [3.63, 3.8) is 0 Å². The summed E-state index contributed by atoms with van der Waals surface area (Å²) >= 11 is -2.60. The second-order valence-corrected chi connectivity index (χ2v) is 17.9. The van der Waals surface area contributed by atoms with E-state index in [0.29, 0.717) is 0 Å². The van der Waals surface area contributed by atoms with Crippen LogP contribution in [0.25, 0.3) is 10.8 Å². The van der Waals surface area contributed by atoms with Crippen molar-refractivity contribution in [2.45, 2.75) is 0 Å². The molecule has 0 nitrogen and oxygen atoms in total. The second kappa shape index (κ2) is 12.6. The first-order chi connectivity index (χ1) is 14.8. The van der Waals surface area contributed by atoms with Gasteiger partial charge < -0.3 is 0 Å². The number of rotatable bonds is 2. The van der Waals surface area contributed by atoms with Crippen LogP contribution >= 0.6 is 17.2 Å². The molecule has 0 atom stereocenters. The monoisotopic (exact) mass is 596 g/mol. The Kier molecular flexibility index (Phi) is 9.50. The molecule has 0 aliphatic carbocycles. The Labute approximate surface area is 193 Å². The van der Waals surface area contributed by atoms with Crippen LogP contribution in [0.15, 0.2) is 133 Å². The quantitative estimate of drug-likeness (QED) is 0.143. The van der Waals surface area contributed by atoms with Crippen LogP contribution in [0.1, 0.15) is 11.1 Å². The van der Waals surface area contributed by atoms with Gasteiger partial charge in [0.15, 0.2) is 0 Å². The molecular weight excluding hydrogens is 574 g/mol. The maximum Gasteiger partial charge on any atom is -0.0809 e. The molecule has 0 aliphatic rings. The first-order valence-corrected chi connectivity index (χ1v) is 20.4. The minimum Gasteiger partial charge on any atom is -0.214 e. The first kappa shape index (κ1) is 22.6. The van der Waals surface area contributed by atoms with Gasteiger partial charge in [-0.3, -0.25) is 0 Å². The van der Waals surface area contributed by atoms with Gasteiger partial charge in [0.05, 0.1) is 0 Å². The van der Waals surface area contributed by atoms with Crippen molar-refractivity contribution in [1.82, 2.24) is 0 Å². The largest absolute Gasteiger partial charge is 0.214 e. The minimum atomic E-state index is -2.60. The van der Waals surface area contributed by atoms with E-state index < -0.39 is 18.6 Å². The first-order valence-electron chi connectivity index (χ1n) is 9.69. The van der Waals surface area contributed by atoms with Crippen LogP contribution in [0.5, 0.6) is 0 Å². The Morgan fingerprint density at radius 1 is 0.567 bits per heavy atom. The fraction of sp³-hybridized carbons (Fsp3) is 0. The molecule has 5 aromatic carbocycles. The van der Waals surface area contributed by atoms with E-state index in [1.54, 1.807) is 0 Å². The molecule has 0 radical (unpaired) electrons. The van der Waals surface area contributed by atoms with E-state index in [1.165, 1.54) is 10.8 Å². The summed E-state index contributed by atoms with van der Waals surface area (Å²) in [5.41, 5.74) is 2.31. The van der Waals surface area contributed by atoms with E-state index in [4.69, 9.17) is 17.2 Å². The Balaban J connectivity index is 0.000000151. The van der Waals surface area contributed by atoms with Crippen molar-refractivity contribution >= 4 is 31.2 Å². The summed E-state index contributed by atoms with van der Waals surface area (Å²) in [7, 11) is 12.5. The van der Waals surface area contributed by atoms with Gasteiger partial charge in [0.25, 0.3) is 0 Å². The number of fused-ring (bicyclic) bond motifs is 1. The van der Waals surface area contributed by atoms with E-state index in [9.17, 15) is 0 Å². The summed E-state index contributed by atoms with van der Waals surface area (Å²) in [6.07, 6.45) is 0. The van der Waals surface area contributed by atoms with Gasteiger partial charge in [-0.2, -0.15) is 35.7 Å². The molecule has 150 valence electrons. The molecular formula is C27H22Cl2Hf-2. The molecule has 0 spiro atoms. The van der Waals surface area contributed by atoms with Crippen molar-refractivity contribution in [3.8, 4) is 0 Å². The third-order valence-electron chi connectivity index (χ3n) is 4.42. The van der Waals surface area contributed by atoms with Crippen molar-refractivity contribution in [3.05, 3.63) is 145 Å². The zero-order chi connectivity index (χ0) is 21.0. The Bertz CT molecular complexity index is 1050. The molecule has 0 aliphatic heterocycles. The molecule has 0 aromatic heterocycles. The zero-order valence-electron chi connectivity index (χ0n) is 16.5. The van der Waals surface area contributed by atoms with Crippen molar-refractivity contribution in [2.24, 2.45) is 0 Å². The van der Waals surface area contributed by atoms with Gasteiger partial charge >= 0.3 is 111 Å². The predicted molar refractivity (Wildman–Crippen MR) is 129 cm³/mol. The molecule has 0 bridgehead atoms. The zero-order valence-corrected chi connectivity index (χ0v) is 21.6. The summed E-state index contributed by atoms with van der Waals surface area (Å²) in [5.74, 6) is 0. The Morgan fingerprint density at radius 3 is 1.57 bits per heavy atom. The standard InChI is InChI=1S/C13H10.C9H7.C5H5.2ClH.Hf/c1-3-7-12(8-4-1)11-13-9-5-2-6-10-13;1-2-5-9-7-3-6-8(9)4-1;1-2-4-5-3-1;;;/h1-10H;1-7H;1-5H;2*1H;/q;2*-1;;;+2/p-2. The average Bonchev–Trinajstić information content (AvgIpc) is 3.51. The van der Waals surface area contributed by atoms with Crippen molar-refractivity contribution < 1.29 is 18.6 Å². The van der Waals surface area contributed by atoms with Crippen LogP contribution in [0, 0.1) is 0 Å². The maximum absolute atomic E-state index is 6.25. The normalized spacial score (nSPS) is 9.67. The van der Waals surface area contributed by atoms with Gasteiger partial charge in [0.1, 0.15) is 0 Å². The summed E-state index contributed by atoms with van der Waals surface area (Å²) in [6, 6.07) is 45.0. The second-order valence-electron chi connectivity index (χ2n) is 6.48. The van der Waals surface area contributed by atoms with Crippen molar-refractivity contribution in [1.29, 1.82) is 0 Å². The Morgan fingerprint density at radius 2 is 1.10 bits per heavy atom. The van der Waals surface area contributed by atoms with E-state index in [2.05, 4.69) is 66.7 Å². The van der Waals surface area contributed by atoms with Crippen LogP contribution in [0.4, 0.5) is 0 Å². The van der Waals surface area contributed by atoms with Crippen LogP contribution in [0.2, 0.25) is 0 Å². The fourth-order valence-electron chi connectivity index (χ4n) is 2.99. The molecule has 0 saturated carbocycles. The van der Waals surface area contributed by atoms with Gasteiger partial charge in [-0.25, -0.2) is 12.1 Å². The molecule has 0 amide bonds. The number of hydrogen-bond donors (Lipinski definition) is 0. The van der Waals surface area contributed by atoms with Crippen LogP contribution < -0.4 is 0 Å². The summed E-state index contributed by atoms with van der Waals surface area (Å²) in [5, 5.41) is 2.66. The number of halogens is 2. The van der Waals surface area contributed by atoms with E-state index in [-0.39, 0.29) is 0 Å². The molecule has 0 unspecified atom stereocenters. The van der Waals surface area contributed by atoms with Gasteiger partial charge in [0, 0.05) is 0 Å². The maximum atomic E-state index is 6.25. The SMILES string of the molecule is [Cl][Hf]([Cl])=[C](c1ccccc1)c1ccccc1.c1cc[cH-]c1.c1ccc2[cH-]ccc2c1. The third-order valence-corrected chi connectivity index (χ3v) is 10.9. The third kappa shape index (κ3) is 7.02. The topological polar surface area (TPSA) is 0 Å². The number of hydrogen-bond acceptors (Lipinski definition) is 0. The van der Waals surface area contributed by atoms with E-state index in [0.717, 1.165) is 14.4 Å². The molecule has 30 heavy (non-hydrogen) atoms. The van der Waals surface area contributed by atoms with Crippen molar-refractivity contribution in [2.75, 3.05) is 0 Å². The smallest absolute Gasteiger partial charge is 0.0809 e. The Hall–Kier alpha value is -2.06. The summed E-state index contributed by atoms with van der Waals surface area (Å²) in [4.78, 5) is 0. The minimum absolute atomic E-state index is 1.15. The molecule has 3 heteroatoms. The van der Waals surface area contributed by atoms with E-state index >= 15 is 0 Å². The average molecular weight is 596 g/mol. The van der Waals surface area contributed by atoms with Gasteiger partial charge in [-0.15, -0.1) is 29.7 Å². The van der Waals surface area contributed by atoms with Gasteiger partial charge in [-0.1, -0.05) is 6.07 Å².